The molecular weight excluding hydrogens is 485 g/mol. The number of benzene rings is 2. The first-order valence-electron chi connectivity index (χ1n) is 11.7. The Balaban J connectivity index is 1.53. The number of β-amino-alcohol motifs (C(OH)–C–C–N with tert-alkyl or cyclic N) is 1. The standard InChI is InChI=1S/C24H28FN7O3S/c1-16-10-22-18(12-27-32(22)20-6-4-19(25)5-7-20)11-21(16)23-15-31(9-8-30(23)14-17(2)33)36(34,35)24-13-26-29(3)28-24/h4-7,10-13,17,23,33H,8-9,14-15H2,1-3H3/t17-,23+/m1/s1. The molecule has 0 saturated carbocycles. The highest BCUT2D eigenvalue weighted by Gasteiger charge is 2.37. The molecule has 5 rings (SSSR count). The van der Waals surface area contributed by atoms with Crippen LogP contribution >= 0.6 is 0 Å². The first-order valence-corrected chi connectivity index (χ1v) is 13.1. The second-order valence-corrected chi connectivity index (χ2v) is 11.1. The Hall–Kier alpha value is -3.19. The van der Waals surface area contributed by atoms with Crippen molar-refractivity contribution in [3.8, 4) is 5.69 Å². The maximum Gasteiger partial charge on any atom is 0.264 e. The van der Waals surface area contributed by atoms with Gasteiger partial charge in [-0.3, -0.25) is 4.90 Å². The van der Waals surface area contributed by atoms with Crippen molar-refractivity contribution in [3.63, 3.8) is 0 Å². The van der Waals surface area contributed by atoms with E-state index < -0.39 is 16.1 Å². The third-order valence-corrected chi connectivity index (χ3v) is 8.25. The van der Waals surface area contributed by atoms with Crippen LogP contribution in [-0.2, 0) is 17.1 Å². The number of rotatable bonds is 6. The van der Waals surface area contributed by atoms with Gasteiger partial charge in [0.1, 0.15) is 5.82 Å². The molecule has 1 fully saturated rings. The molecule has 0 radical (unpaired) electrons. The highest BCUT2D eigenvalue weighted by Crippen LogP contribution is 2.33. The molecule has 1 aliphatic rings. The van der Waals surface area contributed by atoms with Gasteiger partial charge in [0.25, 0.3) is 10.0 Å². The van der Waals surface area contributed by atoms with Crippen LogP contribution in [0.15, 0.2) is 53.8 Å². The summed E-state index contributed by atoms with van der Waals surface area (Å²) in [7, 11) is -2.25. The molecule has 1 N–H and O–H groups in total. The van der Waals surface area contributed by atoms with Gasteiger partial charge >= 0.3 is 0 Å². The lowest BCUT2D eigenvalue weighted by molar-refractivity contribution is 0.0623. The first kappa shape index (κ1) is 24.5. The number of hydrogen-bond donors (Lipinski definition) is 1. The molecule has 2 aromatic heterocycles. The first-order chi connectivity index (χ1) is 17.1. The van der Waals surface area contributed by atoms with Gasteiger partial charge in [-0.1, -0.05) is 0 Å². The third-order valence-electron chi connectivity index (χ3n) is 6.52. The highest BCUT2D eigenvalue weighted by atomic mass is 32.2. The van der Waals surface area contributed by atoms with E-state index >= 15 is 0 Å². The molecule has 36 heavy (non-hydrogen) atoms. The van der Waals surface area contributed by atoms with Gasteiger partial charge in [0.15, 0.2) is 0 Å². The van der Waals surface area contributed by atoms with E-state index in [2.05, 4.69) is 20.2 Å². The monoisotopic (exact) mass is 513 g/mol. The Morgan fingerprint density at radius 3 is 2.56 bits per heavy atom. The van der Waals surface area contributed by atoms with Gasteiger partial charge in [-0.05, 0) is 61.4 Å². The van der Waals surface area contributed by atoms with E-state index in [1.54, 1.807) is 37.0 Å². The van der Waals surface area contributed by atoms with Crippen molar-refractivity contribution in [3.05, 3.63) is 65.7 Å². The van der Waals surface area contributed by atoms with E-state index in [0.29, 0.717) is 13.1 Å². The number of halogens is 1. The van der Waals surface area contributed by atoms with Gasteiger partial charge in [0.05, 0.1) is 29.7 Å². The number of piperazine rings is 1. The summed E-state index contributed by atoms with van der Waals surface area (Å²) < 4.78 is 43.2. The summed E-state index contributed by atoms with van der Waals surface area (Å²) in [5.74, 6) is -0.315. The van der Waals surface area contributed by atoms with Crippen LogP contribution in [-0.4, -0.2) is 79.8 Å². The molecule has 10 nitrogen and oxygen atoms in total. The molecule has 0 amide bonds. The van der Waals surface area contributed by atoms with Crippen LogP contribution in [0.3, 0.4) is 0 Å². The summed E-state index contributed by atoms with van der Waals surface area (Å²) in [6.45, 7) is 5.07. The lowest BCUT2D eigenvalue weighted by Gasteiger charge is -2.41. The second kappa shape index (κ2) is 9.36. The Morgan fingerprint density at radius 1 is 1.14 bits per heavy atom. The average Bonchev–Trinajstić information content (AvgIpc) is 3.45. The molecule has 12 heteroatoms. The van der Waals surface area contributed by atoms with E-state index in [0.717, 1.165) is 27.7 Å². The fraction of sp³-hybridized carbons (Fsp3) is 0.375. The van der Waals surface area contributed by atoms with E-state index in [4.69, 9.17) is 0 Å². The van der Waals surface area contributed by atoms with Crippen molar-refractivity contribution < 1.29 is 17.9 Å². The zero-order valence-corrected chi connectivity index (χ0v) is 21.1. The predicted molar refractivity (Wildman–Crippen MR) is 132 cm³/mol. The van der Waals surface area contributed by atoms with E-state index in [1.807, 2.05) is 19.1 Å². The van der Waals surface area contributed by atoms with Crippen LogP contribution in [0.25, 0.3) is 16.6 Å². The number of nitrogens with zero attached hydrogens (tertiary/aromatic N) is 7. The number of fused-ring (bicyclic) bond motifs is 1. The van der Waals surface area contributed by atoms with Crippen molar-refractivity contribution in [2.24, 2.45) is 7.05 Å². The minimum atomic E-state index is -3.82. The van der Waals surface area contributed by atoms with Gasteiger partial charge in [0.2, 0.25) is 5.03 Å². The molecule has 0 bridgehead atoms. The smallest absolute Gasteiger partial charge is 0.264 e. The molecule has 0 spiro atoms. The molecule has 2 aromatic carbocycles. The SMILES string of the molecule is Cc1cc2c(cnn2-c2ccc(F)cc2)cc1[C@@H]1CN(S(=O)(=O)c2cnn(C)n2)CCN1C[C@@H](C)O. The van der Waals surface area contributed by atoms with Crippen molar-refractivity contribution in [2.75, 3.05) is 26.2 Å². The van der Waals surface area contributed by atoms with Crippen LogP contribution < -0.4 is 0 Å². The molecular formula is C24H28FN7O3S. The van der Waals surface area contributed by atoms with Gasteiger partial charge in [-0.25, -0.2) is 17.5 Å². The topological polar surface area (TPSA) is 109 Å². The second-order valence-electron chi connectivity index (χ2n) is 9.20. The number of aliphatic hydroxyl groups excluding tert-OH is 1. The molecule has 2 atom stereocenters. The van der Waals surface area contributed by atoms with E-state index in [-0.39, 0.29) is 30.0 Å². The van der Waals surface area contributed by atoms with Crippen LogP contribution in [0.1, 0.15) is 24.1 Å². The van der Waals surface area contributed by atoms with E-state index in [9.17, 15) is 17.9 Å². The van der Waals surface area contributed by atoms with Crippen molar-refractivity contribution in [1.82, 2.24) is 34.0 Å². The summed E-state index contributed by atoms with van der Waals surface area (Å²) in [6, 6.07) is 9.89. The van der Waals surface area contributed by atoms with E-state index in [1.165, 1.54) is 27.4 Å². The lowest BCUT2D eigenvalue weighted by Crippen LogP contribution is -2.52. The Kier molecular flexibility index (Phi) is 6.37. The molecule has 4 aromatic rings. The van der Waals surface area contributed by atoms with Gasteiger partial charge in [-0.2, -0.15) is 19.3 Å². The number of aromatic nitrogens is 5. The summed E-state index contributed by atoms with van der Waals surface area (Å²) in [5.41, 5.74) is 3.53. The van der Waals surface area contributed by atoms with Crippen LogP contribution in [0.4, 0.5) is 4.39 Å². The summed E-state index contributed by atoms with van der Waals surface area (Å²) in [6.07, 6.45) is 2.44. The Labute approximate surface area is 208 Å². The highest BCUT2D eigenvalue weighted by molar-refractivity contribution is 7.89. The number of hydrogen-bond acceptors (Lipinski definition) is 7. The fourth-order valence-corrected chi connectivity index (χ4v) is 6.11. The largest absolute Gasteiger partial charge is 0.392 e. The van der Waals surface area contributed by atoms with Gasteiger partial charge in [-0.15, -0.1) is 5.10 Å². The Bertz CT molecular complexity index is 1500. The van der Waals surface area contributed by atoms with Crippen molar-refractivity contribution >= 4 is 20.9 Å². The quantitative estimate of drug-likeness (QED) is 0.420. The Morgan fingerprint density at radius 2 is 1.89 bits per heavy atom. The lowest BCUT2D eigenvalue weighted by atomic mass is 9.96. The van der Waals surface area contributed by atoms with Crippen molar-refractivity contribution in [1.29, 1.82) is 0 Å². The predicted octanol–water partition coefficient (Wildman–Crippen LogP) is 2.03. The van der Waals surface area contributed by atoms with Crippen molar-refractivity contribution in [2.45, 2.75) is 31.0 Å². The fourth-order valence-electron chi connectivity index (χ4n) is 4.79. The minimum Gasteiger partial charge on any atom is -0.392 e. The summed E-state index contributed by atoms with van der Waals surface area (Å²) >= 11 is 0. The summed E-state index contributed by atoms with van der Waals surface area (Å²) in [4.78, 5) is 3.34. The van der Waals surface area contributed by atoms with Crippen LogP contribution in [0.2, 0.25) is 0 Å². The number of aliphatic hydroxyl groups is 1. The molecule has 3 heterocycles. The normalized spacial score (nSPS) is 18.6. The third kappa shape index (κ3) is 4.52. The molecule has 1 aliphatic heterocycles. The van der Waals surface area contributed by atoms with Gasteiger partial charge in [0, 0.05) is 44.7 Å². The molecule has 0 aliphatic carbocycles. The number of sulfonamides is 1. The zero-order valence-electron chi connectivity index (χ0n) is 20.3. The minimum absolute atomic E-state index is 0.0829. The van der Waals surface area contributed by atoms with Crippen LogP contribution in [0, 0.1) is 12.7 Å². The zero-order chi connectivity index (χ0) is 25.6. The van der Waals surface area contributed by atoms with Crippen LogP contribution in [0.5, 0.6) is 0 Å². The average molecular weight is 514 g/mol. The molecule has 190 valence electrons. The molecule has 1 saturated heterocycles. The maximum absolute atomic E-state index is 13.4. The summed E-state index contributed by atoms with van der Waals surface area (Å²) in [5, 5.41) is 23.4. The maximum atomic E-state index is 13.4. The van der Waals surface area contributed by atoms with Gasteiger partial charge < -0.3 is 5.11 Å². The number of aryl methyl sites for hydroxylation is 2. The molecule has 0 unspecified atom stereocenters.